The summed E-state index contributed by atoms with van der Waals surface area (Å²) in [6.07, 6.45) is -4.08. The Morgan fingerprint density at radius 2 is 2.14 bits per heavy atom. The van der Waals surface area contributed by atoms with Gasteiger partial charge in [-0.15, -0.1) is 0 Å². The Hall–Kier alpha value is -2.25. The number of carbonyl (C=O) groups excluding carboxylic acids is 1. The Kier molecular flexibility index (Phi) is 3.46. The molecule has 1 saturated heterocycles. The van der Waals surface area contributed by atoms with Gasteiger partial charge in [0.1, 0.15) is 18.1 Å². The van der Waals surface area contributed by atoms with Crippen molar-refractivity contribution in [3.8, 4) is 0 Å². The number of oxazole rings is 1. The van der Waals surface area contributed by atoms with E-state index in [1.165, 1.54) is 4.90 Å². The van der Waals surface area contributed by atoms with Gasteiger partial charge in [0.05, 0.1) is 0 Å². The quantitative estimate of drug-likeness (QED) is 0.873. The van der Waals surface area contributed by atoms with Gasteiger partial charge in [0.2, 0.25) is 5.91 Å². The summed E-state index contributed by atoms with van der Waals surface area (Å²) in [7, 11) is 1.60. The molecule has 0 N–H and O–H groups in total. The van der Waals surface area contributed by atoms with Crippen LogP contribution in [0.5, 0.6) is 0 Å². The highest BCUT2D eigenvalue weighted by Crippen LogP contribution is 2.27. The van der Waals surface area contributed by atoms with E-state index in [-0.39, 0.29) is 12.6 Å². The minimum Gasteiger partial charge on any atom is -0.423 e. The third-order valence-corrected chi connectivity index (χ3v) is 3.69. The minimum atomic E-state index is -4.39. The molecular weight excluding hydrogens is 299 g/mol. The number of fused-ring (bicyclic) bond motifs is 1. The number of nitrogens with zero attached hydrogens (tertiary/aromatic N) is 3. The Morgan fingerprint density at radius 1 is 1.41 bits per heavy atom. The normalized spacial score (nSPS) is 19.2. The number of likely N-dealkylation sites (N-methyl/N-ethyl adjacent to an activating group) is 1. The lowest BCUT2D eigenvalue weighted by atomic mass is 10.2. The second kappa shape index (κ2) is 5.19. The van der Waals surface area contributed by atoms with Crippen molar-refractivity contribution in [2.24, 2.45) is 0 Å². The Labute approximate surface area is 124 Å². The standard InChI is InChI=1S/C14H14F3N3O2/c1-19(13-18-9-4-2-3-5-11(9)22-13)10-6-7-20(12(10)21)8-14(15,16)17/h2-5,10H,6-8H2,1H3. The average Bonchev–Trinajstić information content (AvgIpc) is 3.01. The van der Waals surface area contributed by atoms with Crippen molar-refractivity contribution in [2.45, 2.75) is 18.6 Å². The maximum atomic E-state index is 12.4. The predicted molar refractivity (Wildman–Crippen MR) is 73.5 cm³/mol. The van der Waals surface area contributed by atoms with E-state index in [1.54, 1.807) is 31.3 Å². The van der Waals surface area contributed by atoms with Crippen molar-refractivity contribution in [2.75, 3.05) is 25.0 Å². The lowest BCUT2D eigenvalue weighted by Crippen LogP contribution is -2.42. The molecule has 1 aliphatic rings. The fourth-order valence-electron chi connectivity index (χ4n) is 2.60. The van der Waals surface area contributed by atoms with Gasteiger partial charge in [-0.05, 0) is 18.6 Å². The minimum absolute atomic E-state index is 0.0770. The van der Waals surface area contributed by atoms with Gasteiger partial charge in [0, 0.05) is 13.6 Å². The smallest absolute Gasteiger partial charge is 0.406 e. The molecule has 1 amide bonds. The summed E-state index contributed by atoms with van der Waals surface area (Å²) >= 11 is 0. The van der Waals surface area contributed by atoms with Crippen molar-refractivity contribution in [1.82, 2.24) is 9.88 Å². The van der Waals surface area contributed by atoms with Crippen LogP contribution in [-0.4, -0.2) is 48.1 Å². The third-order valence-electron chi connectivity index (χ3n) is 3.69. The topological polar surface area (TPSA) is 49.6 Å². The number of halogens is 3. The fourth-order valence-corrected chi connectivity index (χ4v) is 2.60. The molecule has 1 aromatic carbocycles. The van der Waals surface area contributed by atoms with E-state index in [9.17, 15) is 18.0 Å². The molecule has 5 nitrogen and oxygen atoms in total. The molecule has 8 heteroatoms. The number of likely N-dealkylation sites (tertiary alicyclic amines) is 1. The van der Waals surface area contributed by atoms with E-state index in [0.717, 1.165) is 4.90 Å². The van der Waals surface area contributed by atoms with Crippen LogP contribution in [0.25, 0.3) is 11.1 Å². The highest BCUT2D eigenvalue weighted by molar-refractivity contribution is 5.87. The van der Waals surface area contributed by atoms with E-state index in [0.29, 0.717) is 17.5 Å². The van der Waals surface area contributed by atoms with E-state index in [4.69, 9.17) is 4.42 Å². The Bertz CT molecular complexity index is 665. The molecule has 1 aromatic heterocycles. The molecule has 1 fully saturated rings. The SMILES string of the molecule is CN(c1nc2ccccc2o1)C1CCN(CC(F)(F)F)C1=O. The molecular formula is C14H14F3N3O2. The van der Waals surface area contributed by atoms with Crippen molar-refractivity contribution in [3.63, 3.8) is 0 Å². The van der Waals surface area contributed by atoms with Crippen LogP contribution in [0.3, 0.4) is 0 Å². The highest BCUT2D eigenvalue weighted by Gasteiger charge is 2.41. The first-order valence-corrected chi connectivity index (χ1v) is 6.79. The van der Waals surface area contributed by atoms with Gasteiger partial charge in [0.15, 0.2) is 5.58 Å². The maximum absolute atomic E-state index is 12.4. The number of anilines is 1. The van der Waals surface area contributed by atoms with E-state index >= 15 is 0 Å². The predicted octanol–water partition coefficient (Wildman–Crippen LogP) is 2.43. The first-order valence-electron chi connectivity index (χ1n) is 6.79. The van der Waals surface area contributed by atoms with Crippen LogP contribution >= 0.6 is 0 Å². The zero-order chi connectivity index (χ0) is 15.9. The van der Waals surface area contributed by atoms with Crippen LogP contribution in [0.1, 0.15) is 6.42 Å². The van der Waals surface area contributed by atoms with Gasteiger partial charge in [-0.1, -0.05) is 12.1 Å². The molecule has 1 atom stereocenters. The summed E-state index contributed by atoms with van der Waals surface area (Å²) in [5.74, 6) is -0.554. The summed E-state index contributed by atoms with van der Waals surface area (Å²) in [6.45, 7) is -1.14. The maximum Gasteiger partial charge on any atom is 0.406 e. The molecule has 0 bridgehead atoms. The summed E-state index contributed by atoms with van der Waals surface area (Å²) < 4.78 is 42.8. The van der Waals surface area contributed by atoms with Gasteiger partial charge in [-0.3, -0.25) is 4.79 Å². The lowest BCUT2D eigenvalue weighted by Gasteiger charge is -2.22. The summed E-state index contributed by atoms with van der Waals surface area (Å²) in [5.41, 5.74) is 1.21. The number of carbonyl (C=O) groups is 1. The molecule has 1 unspecified atom stereocenters. The number of alkyl halides is 3. The van der Waals surface area contributed by atoms with E-state index in [2.05, 4.69) is 4.98 Å². The Balaban J connectivity index is 1.78. The van der Waals surface area contributed by atoms with Crippen molar-refractivity contribution >= 4 is 23.0 Å². The molecule has 0 aliphatic carbocycles. The first kappa shape index (κ1) is 14.7. The largest absolute Gasteiger partial charge is 0.423 e. The van der Waals surface area contributed by atoms with Crippen LogP contribution in [0, 0.1) is 0 Å². The fraction of sp³-hybridized carbons (Fsp3) is 0.429. The van der Waals surface area contributed by atoms with E-state index in [1.807, 2.05) is 0 Å². The van der Waals surface area contributed by atoms with Crippen LogP contribution in [0.15, 0.2) is 28.7 Å². The number of hydrogen-bond donors (Lipinski definition) is 0. The van der Waals surface area contributed by atoms with Crippen LogP contribution < -0.4 is 4.90 Å². The van der Waals surface area contributed by atoms with Gasteiger partial charge in [-0.2, -0.15) is 18.2 Å². The molecule has 1 aliphatic heterocycles. The second-order valence-corrected chi connectivity index (χ2v) is 5.25. The molecule has 3 rings (SSSR count). The highest BCUT2D eigenvalue weighted by atomic mass is 19.4. The number of aromatic nitrogens is 1. The summed E-state index contributed by atoms with van der Waals surface area (Å²) in [6, 6.07) is 6.65. The van der Waals surface area contributed by atoms with Gasteiger partial charge in [-0.25, -0.2) is 0 Å². The van der Waals surface area contributed by atoms with E-state index < -0.39 is 24.7 Å². The number of amides is 1. The molecule has 0 saturated carbocycles. The molecule has 0 radical (unpaired) electrons. The molecule has 118 valence electrons. The number of para-hydroxylation sites is 2. The third kappa shape index (κ3) is 2.72. The average molecular weight is 313 g/mol. The van der Waals surface area contributed by atoms with Crippen LogP contribution in [-0.2, 0) is 4.79 Å². The monoisotopic (exact) mass is 313 g/mol. The zero-order valence-corrected chi connectivity index (χ0v) is 11.8. The van der Waals surface area contributed by atoms with Crippen LogP contribution in [0.4, 0.5) is 19.2 Å². The molecule has 0 spiro atoms. The number of benzene rings is 1. The number of hydrogen-bond acceptors (Lipinski definition) is 4. The van der Waals surface area contributed by atoms with Crippen molar-refractivity contribution in [1.29, 1.82) is 0 Å². The number of rotatable bonds is 3. The molecule has 2 aromatic rings. The zero-order valence-electron chi connectivity index (χ0n) is 11.8. The summed E-state index contributed by atoms with van der Waals surface area (Å²) in [5, 5.41) is 0. The van der Waals surface area contributed by atoms with Crippen LogP contribution in [0.2, 0.25) is 0 Å². The van der Waals surface area contributed by atoms with Gasteiger partial charge in [0.25, 0.3) is 6.01 Å². The second-order valence-electron chi connectivity index (χ2n) is 5.25. The van der Waals surface area contributed by atoms with Gasteiger partial charge >= 0.3 is 6.18 Å². The molecule has 2 heterocycles. The van der Waals surface area contributed by atoms with Crippen molar-refractivity contribution in [3.05, 3.63) is 24.3 Å². The lowest BCUT2D eigenvalue weighted by molar-refractivity contribution is -0.157. The molecule has 22 heavy (non-hydrogen) atoms. The first-order chi connectivity index (χ1) is 10.3. The Morgan fingerprint density at radius 3 is 2.82 bits per heavy atom. The summed E-state index contributed by atoms with van der Waals surface area (Å²) in [4.78, 5) is 18.7. The van der Waals surface area contributed by atoms with Crippen molar-refractivity contribution < 1.29 is 22.4 Å². The van der Waals surface area contributed by atoms with Gasteiger partial charge < -0.3 is 14.2 Å².